The largest absolute Gasteiger partial charge is 0.480 e. The molecule has 0 unspecified atom stereocenters. The fraction of sp³-hybridized carbons (Fsp3) is 0.407. The Labute approximate surface area is 222 Å². The third kappa shape index (κ3) is 8.73. The van der Waals surface area contributed by atoms with E-state index in [2.05, 4.69) is 15.5 Å². The van der Waals surface area contributed by atoms with Crippen LogP contribution in [0.5, 0.6) is 0 Å². The molecule has 1 aliphatic heterocycles. The number of carbonyl (C=O) groups is 2. The fourth-order valence-electron chi connectivity index (χ4n) is 4.12. The number of aliphatic carboxylic acids is 1. The highest BCUT2D eigenvalue weighted by Crippen LogP contribution is 2.24. The van der Waals surface area contributed by atoms with Crippen molar-refractivity contribution in [3.8, 4) is 0 Å². The minimum Gasteiger partial charge on any atom is -0.480 e. The van der Waals surface area contributed by atoms with Gasteiger partial charge in [-0.3, -0.25) is 14.9 Å². The van der Waals surface area contributed by atoms with E-state index in [4.69, 9.17) is 27.9 Å². The average Bonchev–Trinajstić information content (AvgIpc) is 2.82. The number of ether oxygens (including phenoxy) is 1. The second kappa shape index (κ2) is 13.5. The van der Waals surface area contributed by atoms with Crippen molar-refractivity contribution in [2.75, 3.05) is 13.1 Å². The molecule has 0 aliphatic carbocycles. The topological polar surface area (TPSA) is 90.9 Å². The number of carboxylic acid groups (broad SMARTS) is 1. The first-order chi connectivity index (χ1) is 17.2. The molecule has 0 radical (unpaired) electrons. The second-order valence-electron chi connectivity index (χ2n) is 9.33. The first-order valence-electron chi connectivity index (χ1n) is 12.0. The van der Waals surface area contributed by atoms with Gasteiger partial charge in [-0.1, -0.05) is 67.4 Å². The Bertz CT molecular complexity index is 1040. The molecule has 3 rings (SSSR count). The average molecular weight is 534 g/mol. The van der Waals surface area contributed by atoms with Crippen LogP contribution in [-0.2, 0) is 27.5 Å². The van der Waals surface area contributed by atoms with Gasteiger partial charge in [0.15, 0.2) is 0 Å². The molecule has 9 heteroatoms. The van der Waals surface area contributed by atoms with E-state index in [1.54, 1.807) is 6.07 Å². The molecule has 2 aromatic rings. The highest BCUT2D eigenvalue weighted by Gasteiger charge is 2.30. The van der Waals surface area contributed by atoms with Crippen LogP contribution in [0.4, 0.5) is 0 Å². The summed E-state index contributed by atoms with van der Waals surface area (Å²) in [6, 6.07) is 13.1. The number of carbonyl (C=O) groups excluding carboxylic acids is 1. The van der Waals surface area contributed by atoms with Gasteiger partial charge in [0.1, 0.15) is 18.7 Å². The van der Waals surface area contributed by atoms with Crippen molar-refractivity contribution >= 4 is 35.1 Å². The summed E-state index contributed by atoms with van der Waals surface area (Å²) in [6.45, 7) is 6.00. The maximum absolute atomic E-state index is 13.2. The molecular formula is C27H33Cl2N3O4. The molecule has 1 aliphatic rings. The van der Waals surface area contributed by atoms with E-state index in [0.717, 1.165) is 23.4 Å². The summed E-state index contributed by atoms with van der Waals surface area (Å²) in [4.78, 5) is 27.3. The Morgan fingerprint density at radius 1 is 1.08 bits per heavy atom. The summed E-state index contributed by atoms with van der Waals surface area (Å²) in [7, 11) is 0. The highest BCUT2D eigenvalue weighted by atomic mass is 35.5. The normalized spacial score (nSPS) is 15.1. The van der Waals surface area contributed by atoms with Crippen LogP contribution in [0.2, 0.25) is 10.0 Å². The van der Waals surface area contributed by atoms with Crippen LogP contribution < -0.4 is 10.6 Å². The quantitative estimate of drug-likeness (QED) is 0.336. The van der Waals surface area contributed by atoms with Crippen molar-refractivity contribution in [3.05, 3.63) is 81.6 Å². The molecule has 0 saturated carbocycles. The molecule has 36 heavy (non-hydrogen) atoms. The minimum atomic E-state index is -0.995. The van der Waals surface area contributed by atoms with E-state index in [9.17, 15) is 14.7 Å². The minimum absolute atomic E-state index is 0.113. The number of hydrogen-bond acceptors (Lipinski definition) is 6. The van der Waals surface area contributed by atoms with Gasteiger partial charge in [-0.15, -0.1) is 0 Å². The summed E-state index contributed by atoms with van der Waals surface area (Å²) >= 11 is 12.4. The summed E-state index contributed by atoms with van der Waals surface area (Å²) in [5.41, 5.74) is 2.67. The Morgan fingerprint density at radius 2 is 1.78 bits per heavy atom. The van der Waals surface area contributed by atoms with Gasteiger partial charge in [0, 0.05) is 48.0 Å². The lowest BCUT2D eigenvalue weighted by molar-refractivity contribution is -0.149. The SMILES string of the molecule is CC(C)C[C@H](N[C@@H](CC1=CNCCN1Cc1cc(Cl)cc(Cl)c1)C(=O)OCc1ccccc1)C(=O)O. The Balaban J connectivity index is 1.78. The summed E-state index contributed by atoms with van der Waals surface area (Å²) < 4.78 is 5.61. The van der Waals surface area contributed by atoms with Crippen molar-refractivity contribution in [2.24, 2.45) is 5.92 Å². The summed E-state index contributed by atoms with van der Waals surface area (Å²) in [5, 5.41) is 17.2. The molecule has 0 saturated heterocycles. The Morgan fingerprint density at radius 3 is 2.42 bits per heavy atom. The third-order valence-corrected chi connectivity index (χ3v) is 6.26. The fourth-order valence-corrected chi connectivity index (χ4v) is 4.69. The van der Waals surface area contributed by atoms with Gasteiger partial charge in [-0.2, -0.15) is 0 Å². The molecule has 2 aromatic carbocycles. The van der Waals surface area contributed by atoms with Crippen LogP contribution in [0.1, 0.15) is 37.8 Å². The number of nitrogens with one attached hydrogen (secondary N) is 2. The summed E-state index contributed by atoms with van der Waals surface area (Å²) in [5.74, 6) is -1.35. The molecule has 0 spiro atoms. The second-order valence-corrected chi connectivity index (χ2v) is 10.2. The standard InChI is InChI=1S/C27H33Cl2N3O4/c1-18(2)10-24(26(33)34)31-25(27(35)36-17-19-6-4-3-5-7-19)14-23-15-30-8-9-32(23)16-20-11-21(28)13-22(29)12-20/h3-7,11-13,15,18,24-25,30-31H,8-10,14,16-17H2,1-2H3,(H,33,34)/t24-,25-/m0/s1. The number of benzene rings is 2. The van der Waals surface area contributed by atoms with Crippen LogP contribution in [0.3, 0.4) is 0 Å². The van der Waals surface area contributed by atoms with E-state index >= 15 is 0 Å². The zero-order valence-corrected chi connectivity index (χ0v) is 22.1. The first kappa shape index (κ1) is 27.8. The van der Waals surface area contributed by atoms with Crippen molar-refractivity contribution in [1.29, 1.82) is 0 Å². The maximum Gasteiger partial charge on any atom is 0.323 e. The monoisotopic (exact) mass is 533 g/mol. The molecule has 2 atom stereocenters. The van der Waals surface area contributed by atoms with Crippen LogP contribution in [0, 0.1) is 5.92 Å². The number of esters is 1. The smallest absolute Gasteiger partial charge is 0.323 e. The molecular weight excluding hydrogens is 501 g/mol. The highest BCUT2D eigenvalue weighted by molar-refractivity contribution is 6.34. The molecule has 0 aromatic heterocycles. The van der Waals surface area contributed by atoms with E-state index in [-0.39, 0.29) is 18.9 Å². The molecule has 0 bridgehead atoms. The molecule has 3 N–H and O–H groups in total. The van der Waals surface area contributed by atoms with E-state index < -0.39 is 24.0 Å². The zero-order chi connectivity index (χ0) is 26.1. The Kier molecular flexibility index (Phi) is 10.5. The van der Waals surface area contributed by atoms with Gasteiger partial charge in [0.05, 0.1) is 0 Å². The Hall–Kier alpha value is -2.74. The van der Waals surface area contributed by atoms with Crippen LogP contribution in [0.25, 0.3) is 0 Å². The van der Waals surface area contributed by atoms with Gasteiger partial charge >= 0.3 is 11.9 Å². The van der Waals surface area contributed by atoms with E-state index in [0.29, 0.717) is 29.6 Å². The number of hydrogen-bond donors (Lipinski definition) is 3. The summed E-state index contributed by atoms with van der Waals surface area (Å²) in [6.07, 6.45) is 2.52. The molecule has 0 amide bonds. The van der Waals surface area contributed by atoms with Gasteiger partial charge in [0.25, 0.3) is 0 Å². The van der Waals surface area contributed by atoms with Crippen LogP contribution >= 0.6 is 23.2 Å². The third-order valence-electron chi connectivity index (χ3n) is 5.83. The van der Waals surface area contributed by atoms with Crippen LogP contribution in [0.15, 0.2) is 60.4 Å². The van der Waals surface area contributed by atoms with Crippen LogP contribution in [-0.4, -0.2) is 47.1 Å². The lowest BCUT2D eigenvalue weighted by atomic mass is 10.0. The molecule has 0 fully saturated rings. The van der Waals surface area contributed by atoms with E-state index in [1.807, 2.05) is 62.5 Å². The molecule has 194 valence electrons. The maximum atomic E-state index is 13.2. The zero-order valence-electron chi connectivity index (χ0n) is 20.5. The van der Waals surface area contributed by atoms with E-state index in [1.165, 1.54) is 0 Å². The molecule has 1 heterocycles. The van der Waals surface area contributed by atoms with Gasteiger partial charge < -0.3 is 20.1 Å². The number of nitrogens with zero attached hydrogens (tertiary/aromatic N) is 1. The van der Waals surface area contributed by atoms with Crippen molar-refractivity contribution in [2.45, 2.75) is 51.9 Å². The molecule has 7 nitrogen and oxygen atoms in total. The predicted molar refractivity (Wildman–Crippen MR) is 142 cm³/mol. The number of halogens is 2. The predicted octanol–water partition coefficient (Wildman–Crippen LogP) is 4.83. The lowest BCUT2D eigenvalue weighted by Gasteiger charge is -2.34. The van der Waals surface area contributed by atoms with Crippen molar-refractivity contribution < 1.29 is 19.4 Å². The van der Waals surface area contributed by atoms with Gasteiger partial charge in [-0.05, 0) is 41.7 Å². The first-order valence-corrected chi connectivity index (χ1v) is 12.8. The lowest BCUT2D eigenvalue weighted by Crippen LogP contribution is -2.49. The van der Waals surface area contributed by atoms with Gasteiger partial charge in [-0.25, -0.2) is 0 Å². The van der Waals surface area contributed by atoms with Crippen molar-refractivity contribution in [3.63, 3.8) is 0 Å². The van der Waals surface area contributed by atoms with Gasteiger partial charge in [0.2, 0.25) is 0 Å². The van der Waals surface area contributed by atoms with Crippen molar-refractivity contribution in [1.82, 2.24) is 15.5 Å². The number of carboxylic acids is 1. The number of rotatable bonds is 12.